The molecule has 8 heteroatoms. The molecule has 3 aromatic rings. The lowest BCUT2D eigenvalue weighted by atomic mass is 10.3. The van der Waals surface area contributed by atoms with E-state index >= 15 is 0 Å². The Balaban J connectivity index is 1.61. The number of para-hydroxylation sites is 1. The summed E-state index contributed by atoms with van der Waals surface area (Å²) in [5.41, 5.74) is 0.768. The van der Waals surface area contributed by atoms with Crippen molar-refractivity contribution < 1.29 is 9.53 Å². The maximum absolute atomic E-state index is 13.1. The first-order valence-electron chi connectivity index (χ1n) is 10.2. The van der Waals surface area contributed by atoms with Gasteiger partial charge in [-0.25, -0.2) is 4.98 Å². The SMILES string of the molecule is COc1ccc(SCCCC(=O)N(CCCN(C)C)c2nc3c(Cl)cccc3s2)cc1. The summed E-state index contributed by atoms with van der Waals surface area (Å²) in [6.45, 7) is 1.57. The highest BCUT2D eigenvalue weighted by molar-refractivity contribution is 7.99. The van der Waals surface area contributed by atoms with Gasteiger partial charge in [-0.3, -0.25) is 9.69 Å². The summed E-state index contributed by atoms with van der Waals surface area (Å²) in [4.78, 5) is 22.9. The average molecular weight is 478 g/mol. The predicted octanol–water partition coefficient (Wildman–Crippen LogP) is 5.82. The second kappa shape index (κ2) is 11.7. The molecule has 166 valence electrons. The maximum atomic E-state index is 13.1. The fraction of sp³-hybridized carbons (Fsp3) is 0.391. The number of nitrogens with zero attached hydrogens (tertiary/aromatic N) is 3. The molecular weight excluding hydrogens is 450 g/mol. The lowest BCUT2D eigenvalue weighted by Crippen LogP contribution is -2.33. The van der Waals surface area contributed by atoms with E-state index < -0.39 is 0 Å². The molecule has 0 N–H and O–H groups in total. The van der Waals surface area contributed by atoms with Crippen molar-refractivity contribution in [3.63, 3.8) is 0 Å². The first-order valence-corrected chi connectivity index (χ1v) is 12.4. The van der Waals surface area contributed by atoms with Gasteiger partial charge >= 0.3 is 0 Å². The number of rotatable bonds is 11. The van der Waals surface area contributed by atoms with E-state index in [1.165, 1.54) is 16.2 Å². The van der Waals surface area contributed by atoms with Crippen LogP contribution in [0.15, 0.2) is 47.4 Å². The van der Waals surface area contributed by atoms with E-state index in [0.717, 1.165) is 46.2 Å². The number of amides is 1. The summed E-state index contributed by atoms with van der Waals surface area (Å²) in [6.07, 6.45) is 2.20. The normalized spacial score (nSPS) is 11.3. The van der Waals surface area contributed by atoms with Gasteiger partial charge in [-0.1, -0.05) is 29.0 Å². The summed E-state index contributed by atoms with van der Waals surface area (Å²) in [6, 6.07) is 13.8. The van der Waals surface area contributed by atoms with Crippen molar-refractivity contribution in [3.8, 4) is 5.75 Å². The van der Waals surface area contributed by atoms with Crippen LogP contribution in [0.25, 0.3) is 10.2 Å². The molecule has 31 heavy (non-hydrogen) atoms. The minimum absolute atomic E-state index is 0.115. The molecule has 1 heterocycles. The monoisotopic (exact) mass is 477 g/mol. The van der Waals surface area contributed by atoms with E-state index in [9.17, 15) is 4.79 Å². The Hall–Kier alpha value is -1.80. The van der Waals surface area contributed by atoms with Gasteiger partial charge in [-0.2, -0.15) is 0 Å². The number of ether oxygens (including phenoxy) is 1. The van der Waals surface area contributed by atoms with Crippen molar-refractivity contribution in [2.45, 2.75) is 24.2 Å². The number of carbonyl (C=O) groups excluding carboxylic acids is 1. The van der Waals surface area contributed by atoms with Crippen LogP contribution in [-0.4, -0.2) is 55.8 Å². The molecule has 3 rings (SSSR count). The van der Waals surface area contributed by atoms with Crippen LogP contribution in [0, 0.1) is 0 Å². The number of anilines is 1. The first-order chi connectivity index (χ1) is 15.0. The highest BCUT2D eigenvalue weighted by atomic mass is 35.5. The molecule has 0 saturated heterocycles. The molecule has 1 amide bonds. The number of thioether (sulfide) groups is 1. The van der Waals surface area contributed by atoms with Crippen molar-refractivity contribution in [1.29, 1.82) is 0 Å². The van der Waals surface area contributed by atoms with Crippen LogP contribution >= 0.6 is 34.7 Å². The van der Waals surface area contributed by atoms with Crippen LogP contribution in [0.3, 0.4) is 0 Å². The molecule has 2 aromatic carbocycles. The molecule has 0 aliphatic carbocycles. The predicted molar refractivity (Wildman–Crippen MR) is 133 cm³/mol. The van der Waals surface area contributed by atoms with E-state index in [0.29, 0.717) is 18.0 Å². The second-order valence-electron chi connectivity index (χ2n) is 7.41. The Bertz CT molecular complexity index is 992. The van der Waals surface area contributed by atoms with E-state index in [1.54, 1.807) is 18.9 Å². The Kier molecular flexibility index (Phi) is 9.02. The first kappa shape index (κ1) is 23.9. The number of carbonyl (C=O) groups is 1. The number of aromatic nitrogens is 1. The van der Waals surface area contributed by atoms with E-state index in [2.05, 4.69) is 9.88 Å². The largest absolute Gasteiger partial charge is 0.497 e. The van der Waals surface area contributed by atoms with Crippen LogP contribution in [0.4, 0.5) is 5.13 Å². The third kappa shape index (κ3) is 6.84. The molecule has 0 aliphatic rings. The Labute approximate surface area is 197 Å². The van der Waals surface area contributed by atoms with E-state index in [4.69, 9.17) is 16.3 Å². The molecular formula is C23H28ClN3O2S2. The summed E-state index contributed by atoms with van der Waals surface area (Å²) in [5, 5.41) is 1.35. The molecule has 0 aliphatic heterocycles. The number of hydrogen-bond acceptors (Lipinski definition) is 6. The topological polar surface area (TPSA) is 45.7 Å². The fourth-order valence-corrected chi connectivity index (χ4v) is 5.27. The van der Waals surface area contributed by atoms with Crippen molar-refractivity contribution >= 4 is 56.0 Å². The van der Waals surface area contributed by atoms with Crippen molar-refractivity contribution in [3.05, 3.63) is 47.5 Å². The molecule has 0 spiro atoms. The Morgan fingerprint density at radius 2 is 1.90 bits per heavy atom. The van der Waals surface area contributed by atoms with Gasteiger partial charge in [0.05, 0.1) is 16.8 Å². The maximum Gasteiger partial charge on any atom is 0.228 e. The number of fused-ring (bicyclic) bond motifs is 1. The van der Waals surface area contributed by atoms with Crippen LogP contribution in [0.5, 0.6) is 5.75 Å². The van der Waals surface area contributed by atoms with Gasteiger partial charge in [0.25, 0.3) is 0 Å². The minimum Gasteiger partial charge on any atom is -0.497 e. The molecule has 0 fully saturated rings. The summed E-state index contributed by atoms with van der Waals surface area (Å²) < 4.78 is 6.20. The van der Waals surface area contributed by atoms with Gasteiger partial charge in [0.1, 0.15) is 11.3 Å². The van der Waals surface area contributed by atoms with E-state index in [-0.39, 0.29) is 5.91 Å². The zero-order chi connectivity index (χ0) is 22.2. The fourth-order valence-electron chi connectivity index (χ4n) is 3.11. The van der Waals surface area contributed by atoms with Gasteiger partial charge in [0.2, 0.25) is 5.91 Å². The zero-order valence-corrected chi connectivity index (χ0v) is 20.5. The van der Waals surface area contributed by atoms with Crippen molar-refractivity contribution in [2.24, 2.45) is 0 Å². The molecule has 0 saturated carbocycles. The van der Waals surface area contributed by atoms with Crippen LogP contribution in [0.1, 0.15) is 19.3 Å². The average Bonchev–Trinajstić information content (AvgIpc) is 3.19. The van der Waals surface area contributed by atoms with Gasteiger partial charge in [0.15, 0.2) is 5.13 Å². The minimum atomic E-state index is 0.115. The molecule has 0 atom stereocenters. The smallest absolute Gasteiger partial charge is 0.228 e. The second-order valence-corrected chi connectivity index (χ2v) is 10.00. The standard InChI is InChI=1S/C23H28ClN3O2S2/c1-26(2)14-6-15-27(23-25-22-19(24)7-4-8-20(22)31-23)21(28)9-5-16-30-18-12-10-17(29-3)11-13-18/h4,7-8,10-13H,5-6,9,14-16H2,1-3H3. The number of halogens is 1. The molecule has 0 bridgehead atoms. The summed E-state index contributed by atoms with van der Waals surface area (Å²) in [5.74, 6) is 1.85. The number of hydrogen-bond donors (Lipinski definition) is 0. The van der Waals surface area contributed by atoms with Crippen LogP contribution in [-0.2, 0) is 4.79 Å². The molecule has 1 aromatic heterocycles. The third-order valence-corrected chi connectivity index (χ3v) is 7.19. The van der Waals surface area contributed by atoms with Crippen LogP contribution in [0.2, 0.25) is 5.02 Å². The number of benzene rings is 2. The lowest BCUT2D eigenvalue weighted by molar-refractivity contribution is -0.118. The van der Waals surface area contributed by atoms with Crippen LogP contribution < -0.4 is 9.64 Å². The molecule has 5 nitrogen and oxygen atoms in total. The van der Waals surface area contributed by atoms with Crippen molar-refractivity contribution in [1.82, 2.24) is 9.88 Å². The quantitative estimate of drug-likeness (QED) is 0.257. The highest BCUT2D eigenvalue weighted by Crippen LogP contribution is 2.33. The highest BCUT2D eigenvalue weighted by Gasteiger charge is 2.20. The molecule has 0 radical (unpaired) electrons. The third-order valence-electron chi connectivity index (χ3n) is 4.74. The van der Waals surface area contributed by atoms with Gasteiger partial charge in [-0.05, 0) is 75.6 Å². The summed E-state index contributed by atoms with van der Waals surface area (Å²) in [7, 11) is 5.75. The van der Waals surface area contributed by atoms with Gasteiger partial charge in [-0.15, -0.1) is 11.8 Å². The Morgan fingerprint density at radius 3 is 2.58 bits per heavy atom. The van der Waals surface area contributed by atoms with Gasteiger partial charge in [0, 0.05) is 17.9 Å². The zero-order valence-electron chi connectivity index (χ0n) is 18.1. The van der Waals surface area contributed by atoms with Crippen molar-refractivity contribution in [2.75, 3.05) is 44.9 Å². The van der Waals surface area contributed by atoms with Gasteiger partial charge < -0.3 is 9.64 Å². The lowest BCUT2D eigenvalue weighted by Gasteiger charge is -2.21. The Morgan fingerprint density at radius 1 is 1.13 bits per heavy atom. The number of methoxy groups -OCH3 is 1. The number of thiazole rings is 1. The van der Waals surface area contributed by atoms with E-state index in [1.807, 2.05) is 61.5 Å². The molecule has 0 unspecified atom stereocenters. The summed E-state index contributed by atoms with van der Waals surface area (Å²) >= 11 is 9.58.